The average Bonchev–Trinajstić information content (AvgIpc) is 3.11. The fourth-order valence-electron chi connectivity index (χ4n) is 2.58. The Morgan fingerprint density at radius 1 is 1.15 bits per heavy atom. The fraction of sp³-hybridized carbons (Fsp3) is 0.150. The van der Waals surface area contributed by atoms with Crippen LogP contribution in [0.5, 0.6) is 0 Å². The van der Waals surface area contributed by atoms with Crippen molar-refractivity contribution in [3.63, 3.8) is 0 Å². The molecule has 1 N–H and O–H groups in total. The highest BCUT2D eigenvalue weighted by Crippen LogP contribution is 2.16. The first-order valence-electron chi connectivity index (χ1n) is 8.37. The van der Waals surface area contributed by atoms with Gasteiger partial charge in [0, 0.05) is 36.4 Å². The van der Waals surface area contributed by atoms with E-state index < -0.39 is 0 Å². The molecule has 0 spiro atoms. The molecule has 1 heterocycles. The van der Waals surface area contributed by atoms with E-state index in [0.717, 1.165) is 27.6 Å². The van der Waals surface area contributed by atoms with Gasteiger partial charge in [-0.05, 0) is 54.5 Å². The van der Waals surface area contributed by atoms with Gasteiger partial charge in [0.2, 0.25) is 0 Å². The van der Waals surface area contributed by atoms with Crippen molar-refractivity contribution < 1.29 is 0 Å². The van der Waals surface area contributed by atoms with Gasteiger partial charge in [0.05, 0.1) is 4.99 Å². The summed E-state index contributed by atoms with van der Waals surface area (Å²) in [6.45, 7) is 2.04. The molecule has 3 rings (SSSR count). The van der Waals surface area contributed by atoms with Crippen LogP contribution < -0.4 is 10.2 Å². The summed E-state index contributed by atoms with van der Waals surface area (Å²) < 4.78 is 1.63. The quantitative estimate of drug-likeness (QED) is 0.601. The largest absolute Gasteiger partial charge is 0.331 e. The summed E-state index contributed by atoms with van der Waals surface area (Å²) >= 11 is 17.1. The van der Waals surface area contributed by atoms with Crippen molar-refractivity contribution in [2.24, 2.45) is 0 Å². The number of likely N-dealkylation sites (N-methyl/N-ethyl adjacent to an activating group) is 1. The second kappa shape index (κ2) is 8.61. The van der Waals surface area contributed by atoms with Crippen LogP contribution in [0.4, 0.5) is 11.5 Å². The number of aromatic nitrogens is 2. The molecule has 0 bridgehead atoms. The monoisotopic (exact) mass is 414 g/mol. The van der Waals surface area contributed by atoms with Crippen molar-refractivity contribution in [2.75, 3.05) is 17.3 Å². The molecule has 0 atom stereocenters. The van der Waals surface area contributed by atoms with Gasteiger partial charge in [-0.1, -0.05) is 48.1 Å². The second-order valence-electron chi connectivity index (χ2n) is 6.18. The molecule has 3 aromatic rings. The van der Waals surface area contributed by atoms with Gasteiger partial charge in [0.15, 0.2) is 10.9 Å². The van der Waals surface area contributed by atoms with Crippen molar-refractivity contribution in [3.8, 4) is 0 Å². The molecule has 0 aliphatic carbocycles. The van der Waals surface area contributed by atoms with E-state index in [1.54, 1.807) is 4.68 Å². The predicted octanol–water partition coefficient (Wildman–Crippen LogP) is 5.10. The minimum atomic E-state index is 0.501. The molecule has 0 aliphatic rings. The highest BCUT2D eigenvalue weighted by Gasteiger charge is 2.12. The van der Waals surface area contributed by atoms with Gasteiger partial charge in [-0.15, -0.1) is 5.10 Å². The first kappa shape index (κ1) is 19.5. The van der Waals surface area contributed by atoms with Crippen molar-refractivity contribution in [2.45, 2.75) is 13.3 Å². The van der Waals surface area contributed by atoms with Crippen LogP contribution in [0, 0.1) is 6.92 Å². The Morgan fingerprint density at radius 3 is 2.67 bits per heavy atom. The van der Waals surface area contributed by atoms with Crippen molar-refractivity contribution >= 4 is 57.6 Å². The summed E-state index contributed by atoms with van der Waals surface area (Å²) in [5.41, 5.74) is 3.16. The average molecular weight is 415 g/mol. The Morgan fingerprint density at radius 2 is 1.93 bits per heavy atom. The number of rotatable bonds is 4. The molecular weight excluding hydrogens is 396 g/mol. The zero-order valence-corrected chi connectivity index (χ0v) is 17.4. The van der Waals surface area contributed by atoms with Crippen LogP contribution in [0.15, 0.2) is 60.8 Å². The molecule has 1 aromatic heterocycles. The molecule has 4 nitrogen and oxygen atoms in total. The van der Waals surface area contributed by atoms with Crippen LogP contribution in [0.25, 0.3) is 0 Å². The third-order valence-corrected chi connectivity index (χ3v) is 4.96. The number of thiocarbonyl (C=S) groups is 2. The summed E-state index contributed by atoms with van der Waals surface area (Å²) in [6, 6.07) is 17.6. The topological polar surface area (TPSA) is 33.1 Å². The number of nitrogens with zero attached hydrogens (tertiary/aromatic N) is 3. The van der Waals surface area contributed by atoms with Crippen LogP contribution in [-0.4, -0.2) is 26.9 Å². The number of aryl methyl sites for hydroxylation is 1. The molecule has 2 aromatic carbocycles. The molecule has 0 fully saturated rings. The second-order valence-corrected chi connectivity index (χ2v) is 7.47. The lowest BCUT2D eigenvalue weighted by atomic mass is 10.1. The predicted molar refractivity (Wildman–Crippen MR) is 121 cm³/mol. The molecule has 0 unspecified atom stereocenters. The lowest BCUT2D eigenvalue weighted by Gasteiger charge is -2.17. The van der Waals surface area contributed by atoms with Crippen molar-refractivity contribution in [1.82, 2.24) is 9.78 Å². The molecule has 0 amide bonds. The third-order valence-electron chi connectivity index (χ3n) is 4.01. The molecule has 27 heavy (non-hydrogen) atoms. The normalized spacial score (nSPS) is 10.5. The van der Waals surface area contributed by atoms with Crippen molar-refractivity contribution in [1.29, 1.82) is 0 Å². The van der Waals surface area contributed by atoms with Gasteiger partial charge >= 0.3 is 0 Å². The molecule has 0 saturated carbocycles. The summed E-state index contributed by atoms with van der Waals surface area (Å²) in [5, 5.41) is 8.93. The van der Waals surface area contributed by atoms with E-state index in [1.165, 1.54) is 0 Å². The van der Waals surface area contributed by atoms with Gasteiger partial charge in [-0.2, -0.15) is 0 Å². The standard InChI is InChI=1S/C20H19ClN4S2/c1-14-5-3-8-17(11-14)22-20(27)25-10-9-18(23-25)24(2)19(26)13-15-6-4-7-16(21)12-15/h3-12H,13H2,1-2H3,(H,22,27). The van der Waals surface area contributed by atoms with Gasteiger partial charge in [0.25, 0.3) is 0 Å². The lowest BCUT2D eigenvalue weighted by molar-refractivity contribution is 0.935. The van der Waals surface area contributed by atoms with E-state index >= 15 is 0 Å². The van der Waals surface area contributed by atoms with Crippen LogP contribution in [0.3, 0.4) is 0 Å². The number of benzene rings is 2. The van der Waals surface area contributed by atoms with E-state index in [2.05, 4.69) is 10.4 Å². The van der Waals surface area contributed by atoms with E-state index in [-0.39, 0.29) is 0 Å². The Hall–Kier alpha value is -2.28. The maximum Gasteiger partial charge on any atom is 0.198 e. The number of hydrogen-bond acceptors (Lipinski definition) is 3. The van der Waals surface area contributed by atoms with Gasteiger partial charge in [0.1, 0.15) is 0 Å². The van der Waals surface area contributed by atoms with Crippen LogP contribution in [0.2, 0.25) is 5.02 Å². The molecular formula is C20H19ClN4S2. The third kappa shape index (κ3) is 5.13. The van der Waals surface area contributed by atoms with E-state index in [1.807, 2.05) is 79.7 Å². The zero-order valence-electron chi connectivity index (χ0n) is 15.0. The van der Waals surface area contributed by atoms with Crippen molar-refractivity contribution in [3.05, 3.63) is 76.9 Å². The van der Waals surface area contributed by atoms with Crippen LogP contribution >= 0.6 is 36.0 Å². The van der Waals surface area contributed by atoms with Crippen LogP contribution in [0.1, 0.15) is 11.1 Å². The highest BCUT2D eigenvalue weighted by molar-refractivity contribution is 7.80. The molecule has 138 valence electrons. The SMILES string of the molecule is Cc1cccc(NC(=S)n2ccc(N(C)C(=S)Cc3cccc(Cl)c3)n2)c1. The summed E-state index contributed by atoms with van der Waals surface area (Å²) in [6.07, 6.45) is 2.43. The number of hydrogen-bond donors (Lipinski definition) is 1. The van der Waals surface area contributed by atoms with Crippen LogP contribution in [-0.2, 0) is 6.42 Å². The maximum absolute atomic E-state index is 6.05. The Bertz CT molecular complexity index is 983. The van der Waals surface area contributed by atoms with E-state index in [9.17, 15) is 0 Å². The lowest BCUT2D eigenvalue weighted by Crippen LogP contribution is -2.27. The van der Waals surface area contributed by atoms with Gasteiger partial charge < -0.3 is 10.2 Å². The minimum absolute atomic E-state index is 0.501. The first-order chi connectivity index (χ1) is 12.9. The van der Waals surface area contributed by atoms with E-state index in [0.29, 0.717) is 16.6 Å². The summed E-state index contributed by atoms with van der Waals surface area (Å²) in [4.78, 5) is 2.63. The Balaban J connectivity index is 1.67. The minimum Gasteiger partial charge on any atom is -0.331 e. The van der Waals surface area contributed by atoms with Gasteiger partial charge in [-0.3, -0.25) is 0 Å². The molecule has 0 radical (unpaired) electrons. The molecule has 0 aliphatic heterocycles. The number of nitrogens with one attached hydrogen (secondary N) is 1. The molecule has 0 saturated heterocycles. The summed E-state index contributed by atoms with van der Waals surface area (Å²) in [5.74, 6) is 0.732. The van der Waals surface area contributed by atoms with E-state index in [4.69, 9.17) is 36.0 Å². The van der Waals surface area contributed by atoms with Gasteiger partial charge in [-0.25, -0.2) is 4.68 Å². The molecule has 7 heteroatoms. The summed E-state index contributed by atoms with van der Waals surface area (Å²) in [7, 11) is 1.90. The fourth-order valence-corrected chi connectivity index (χ4v) is 3.27. The number of halogens is 1. The highest BCUT2D eigenvalue weighted by atomic mass is 35.5. The maximum atomic E-state index is 6.05. The zero-order chi connectivity index (χ0) is 19.4. The smallest absolute Gasteiger partial charge is 0.198 e. The number of anilines is 2. The Kier molecular flexibility index (Phi) is 6.21. The first-order valence-corrected chi connectivity index (χ1v) is 9.56. The Labute approximate surface area is 174 Å².